The third kappa shape index (κ3) is 3.74. The number of nitrogens with one attached hydrogen (secondary N) is 2. The molecule has 0 bridgehead atoms. The van der Waals surface area contributed by atoms with Crippen LogP contribution < -0.4 is 5.32 Å². The van der Waals surface area contributed by atoms with Crippen LogP contribution in [0.4, 0.5) is 5.95 Å². The van der Waals surface area contributed by atoms with Gasteiger partial charge in [0.05, 0.1) is 11.0 Å². The molecular weight excluding hydrogens is 226 g/mol. The average molecular weight is 247 g/mol. The van der Waals surface area contributed by atoms with Crippen molar-refractivity contribution in [3.63, 3.8) is 0 Å². The van der Waals surface area contributed by atoms with Gasteiger partial charge in [0.15, 0.2) is 0 Å². The molecule has 0 fully saturated rings. The van der Waals surface area contributed by atoms with Gasteiger partial charge in [-0.3, -0.25) is 0 Å². The maximum Gasteiger partial charge on any atom is 0.201 e. The van der Waals surface area contributed by atoms with E-state index in [-0.39, 0.29) is 0 Å². The van der Waals surface area contributed by atoms with Crippen LogP contribution in [-0.4, -0.2) is 29.7 Å². The van der Waals surface area contributed by atoms with Crippen molar-refractivity contribution in [1.29, 1.82) is 0 Å². The third-order valence-electron chi connectivity index (χ3n) is 2.79. The summed E-state index contributed by atoms with van der Waals surface area (Å²) in [6.45, 7) is 4.74. The maximum atomic E-state index is 5.50. The number of aromatic nitrogens is 2. The molecule has 0 aliphatic rings. The van der Waals surface area contributed by atoms with E-state index < -0.39 is 0 Å². The molecule has 1 aromatic carbocycles. The second-order valence-corrected chi connectivity index (χ2v) is 4.35. The minimum absolute atomic E-state index is 0.813. The molecule has 0 aliphatic carbocycles. The lowest BCUT2D eigenvalue weighted by Crippen LogP contribution is -2.07. The number of aromatic amines is 1. The smallest absolute Gasteiger partial charge is 0.201 e. The minimum Gasteiger partial charge on any atom is -0.381 e. The zero-order chi connectivity index (χ0) is 12.6. The Morgan fingerprint density at radius 3 is 2.89 bits per heavy atom. The second-order valence-electron chi connectivity index (χ2n) is 4.35. The number of benzene rings is 1. The molecule has 4 heteroatoms. The van der Waals surface area contributed by atoms with Gasteiger partial charge in [-0.1, -0.05) is 25.5 Å². The highest BCUT2D eigenvalue weighted by Gasteiger charge is 2.00. The molecule has 1 heterocycles. The monoisotopic (exact) mass is 247 g/mol. The van der Waals surface area contributed by atoms with Crippen molar-refractivity contribution in [2.45, 2.75) is 26.2 Å². The van der Waals surface area contributed by atoms with Crippen LogP contribution in [0.15, 0.2) is 24.3 Å². The quantitative estimate of drug-likeness (QED) is 0.704. The molecule has 0 spiro atoms. The molecule has 2 rings (SSSR count). The van der Waals surface area contributed by atoms with Gasteiger partial charge in [-0.05, 0) is 25.0 Å². The topological polar surface area (TPSA) is 49.9 Å². The number of rotatable bonds is 8. The molecule has 0 saturated heterocycles. The summed E-state index contributed by atoms with van der Waals surface area (Å²) < 4.78 is 5.50. The number of ether oxygens (including phenoxy) is 1. The molecule has 0 saturated carbocycles. The second kappa shape index (κ2) is 7.01. The van der Waals surface area contributed by atoms with E-state index in [2.05, 4.69) is 22.2 Å². The van der Waals surface area contributed by atoms with E-state index in [0.29, 0.717) is 0 Å². The van der Waals surface area contributed by atoms with Crippen molar-refractivity contribution in [1.82, 2.24) is 9.97 Å². The van der Waals surface area contributed by atoms with Crippen LogP contribution in [0.1, 0.15) is 26.2 Å². The standard InChI is InChI=1S/C14H21N3O/c1-2-3-10-18-11-6-9-15-14-16-12-7-4-5-8-13(12)17-14/h4-5,7-8H,2-3,6,9-11H2,1H3,(H2,15,16,17). The Morgan fingerprint density at radius 2 is 2.06 bits per heavy atom. The van der Waals surface area contributed by atoms with Crippen LogP contribution in [-0.2, 0) is 4.74 Å². The highest BCUT2D eigenvalue weighted by molar-refractivity contribution is 5.77. The molecule has 2 aromatic rings. The lowest BCUT2D eigenvalue weighted by atomic mass is 10.3. The first-order chi connectivity index (χ1) is 8.90. The Balaban J connectivity index is 1.67. The van der Waals surface area contributed by atoms with E-state index >= 15 is 0 Å². The molecule has 1 aromatic heterocycles. The summed E-state index contributed by atoms with van der Waals surface area (Å²) >= 11 is 0. The van der Waals surface area contributed by atoms with E-state index in [4.69, 9.17) is 4.74 Å². The Labute approximate surface area is 108 Å². The van der Waals surface area contributed by atoms with E-state index in [1.54, 1.807) is 0 Å². The number of anilines is 1. The molecule has 2 N–H and O–H groups in total. The summed E-state index contributed by atoms with van der Waals surface area (Å²) in [5, 5.41) is 3.28. The fraction of sp³-hybridized carbons (Fsp3) is 0.500. The fourth-order valence-corrected chi connectivity index (χ4v) is 1.77. The molecule has 0 atom stereocenters. The summed E-state index contributed by atoms with van der Waals surface area (Å²) in [4.78, 5) is 7.70. The van der Waals surface area contributed by atoms with Gasteiger partial charge in [-0.2, -0.15) is 0 Å². The van der Waals surface area contributed by atoms with E-state index in [1.165, 1.54) is 6.42 Å². The maximum absolute atomic E-state index is 5.50. The van der Waals surface area contributed by atoms with Crippen molar-refractivity contribution < 1.29 is 4.74 Å². The molecule has 0 aliphatic heterocycles. The lowest BCUT2D eigenvalue weighted by molar-refractivity contribution is 0.131. The lowest BCUT2D eigenvalue weighted by Gasteiger charge is -2.04. The summed E-state index contributed by atoms with van der Waals surface area (Å²) in [6, 6.07) is 8.03. The van der Waals surface area contributed by atoms with Gasteiger partial charge in [-0.15, -0.1) is 0 Å². The number of hydrogen-bond donors (Lipinski definition) is 2. The van der Waals surface area contributed by atoms with Gasteiger partial charge < -0.3 is 15.0 Å². The van der Waals surface area contributed by atoms with Crippen LogP contribution in [0.3, 0.4) is 0 Å². The first-order valence-electron chi connectivity index (χ1n) is 6.66. The fourth-order valence-electron chi connectivity index (χ4n) is 1.77. The number of H-pyrrole nitrogens is 1. The van der Waals surface area contributed by atoms with Crippen LogP contribution in [0.25, 0.3) is 11.0 Å². The van der Waals surface area contributed by atoms with Crippen LogP contribution in [0, 0.1) is 0 Å². The number of nitrogens with zero attached hydrogens (tertiary/aromatic N) is 1. The molecule has 0 unspecified atom stereocenters. The third-order valence-corrected chi connectivity index (χ3v) is 2.79. The summed E-state index contributed by atoms with van der Waals surface area (Å²) in [7, 11) is 0. The van der Waals surface area contributed by atoms with Gasteiger partial charge in [0, 0.05) is 19.8 Å². The summed E-state index contributed by atoms with van der Waals surface area (Å²) in [5.41, 5.74) is 2.07. The zero-order valence-electron chi connectivity index (χ0n) is 10.9. The van der Waals surface area contributed by atoms with Crippen molar-refractivity contribution in [2.75, 3.05) is 25.1 Å². The van der Waals surface area contributed by atoms with Gasteiger partial charge in [0.2, 0.25) is 5.95 Å². The van der Waals surface area contributed by atoms with E-state index in [9.17, 15) is 0 Å². The van der Waals surface area contributed by atoms with E-state index in [1.807, 2.05) is 24.3 Å². The van der Waals surface area contributed by atoms with Crippen LogP contribution >= 0.6 is 0 Å². The molecule has 98 valence electrons. The molecule has 4 nitrogen and oxygen atoms in total. The van der Waals surface area contributed by atoms with Crippen molar-refractivity contribution in [3.05, 3.63) is 24.3 Å². The predicted molar refractivity (Wildman–Crippen MR) is 74.9 cm³/mol. The molecule has 18 heavy (non-hydrogen) atoms. The number of fused-ring (bicyclic) bond motifs is 1. The normalized spacial score (nSPS) is 10.9. The van der Waals surface area contributed by atoms with Gasteiger partial charge >= 0.3 is 0 Å². The number of imidazole rings is 1. The Hall–Kier alpha value is -1.55. The average Bonchev–Trinajstić information content (AvgIpc) is 2.80. The zero-order valence-corrected chi connectivity index (χ0v) is 10.9. The first kappa shape index (κ1) is 12.9. The molecular formula is C14H21N3O. The SMILES string of the molecule is CCCCOCCCNc1nc2ccccc2[nH]1. The van der Waals surface area contributed by atoms with Crippen LogP contribution in [0.2, 0.25) is 0 Å². The van der Waals surface area contributed by atoms with Gasteiger partial charge in [0.25, 0.3) is 0 Å². The van der Waals surface area contributed by atoms with E-state index in [0.717, 1.165) is 49.6 Å². The first-order valence-corrected chi connectivity index (χ1v) is 6.66. The Bertz CT molecular complexity index is 434. The van der Waals surface area contributed by atoms with Crippen molar-refractivity contribution in [2.24, 2.45) is 0 Å². The van der Waals surface area contributed by atoms with Crippen molar-refractivity contribution >= 4 is 17.0 Å². The minimum atomic E-state index is 0.813. The van der Waals surface area contributed by atoms with Gasteiger partial charge in [-0.25, -0.2) is 4.98 Å². The summed E-state index contributed by atoms with van der Waals surface area (Å²) in [5.74, 6) is 0.838. The molecule has 0 radical (unpaired) electrons. The largest absolute Gasteiger partial charge is 0.381 e. The number of unbranched alkanes of at least 4 members (excludes halogenated alkanes) is 1. The predicted octanol–water partition coefficient (Wildman–Crippen LogP) is 3.18. The van der Waals surface area contributed by atoms with Gasteiger partial charge in [0.1, 0.15) is 0 Å². The highest BCUT2D eigenvalue weighted by Crippen LogP contribution is 2.12. The number of para-hydroxylation sites is 2. The van der Waals surface area contributed by atoms with Crippen LogP contribution in [0.5, 0.6) is 0 Å². The molecule has 0 amide bonds. The Kier molecular flexibility index (Phi) is 5.02. The highest BCUT2D eigenvalue weighted by atomic mass is 16.5. The van der Waals surface area contributed by atoms with Crippen molar-refractivity contribution in [3.8, 4) is 0 Å². The number of hydrogen-bond acceptors (Lipinski definition) is 3. The Morgan fingerprint density at radius 1 is 1.22 bits per heavy atom. The summed E-state index contributed by atoms with van der Waals surface area (Å²) in [6.07, 6.45) is 3.34.